The third-order valence-electron chi connectivity index (χ3n) is 8.47. The van der Waals surface area contributed by atoms with Crippen molar-refractivity contribution in [1.82, 2.24) is 10.3 Å². The zero-order valence-corrected chi connectivity index (χ0v) is 20.6. The zero-order valence-electron chi connectivity index (χ0n) is 20.6. The number of carbonyl (C=O) groups is 1. The summed E-state index contributed by atoms with van der Waals surface area (Å²) in [5.41, 5.74) is 3.20. The maximum Gasteiger partial charge on any atom is 0.273 e. The number of carbonyl (C=O) groups excluding carboxylic acids is 1. The molecule has 4 atom stereocenters. The van der Waals surface area contributed by atoms with Crippen molar-refractivity contribution in [3.05, 3.63) is 53.2 Å². The van der Waals surface area contributed by atoms with E-state index in [0.29, 0.717) is 24.0 Å². The van der Waals surface area contributed by atoms with Gasteiger partial charge in [-0.3, -0.25) is 4.79 Å². The van der Waals surface area contributed by atoms with E-state index in [4.69, 9.17) is 9.15 Å². The fourth-order valence-corrected chi connectivity index (χ4v) is 6.60. The van der Waals surface area contributed by atoms with Crippen LogP contribution in [0.1, 0.15) is 105 Å². The van der Waals surface area contributed by atoms with Crippen molar-refractivity contribution < 1.29 is 13.9 Å². The first-order valence-electron chi connectivity index (χ1n) is 13.7. The van der Waals surface area contributed by atoms with Crippen molar-refractivity contribution in [1.29, 1.82) is 0 Å². The summed E-state index contributed by atoms with van der Waals surface area (Å²) < 4.78 is 12.2. The van der Waals surface area contributed by atoms with Gasteiger partial charge in [-0.15, -0.1) is 0 Å². The van der Waals surface area contributed by atoms with Gasteiger partial charge in [0.05, 0.1) is 18.1 Å². The van der Waals surface area contributed by atoms with E-state index < -0.39 is 0 Å². The fraction of sp³-hybridized carbons (Fsp3) is 0.655. The summed E-state index contributed by atoms with van der Waals surface area (Å²) in [6.45, 7) is 2.92. The van der Waals surface area contributed by atoms with Crippen molar-refractivity contribution in [3.8, 4) is 0 Å². The molecule has 3 fully saturated rings. The number of oxazole rings is 1. The van der Waals surface area contributed by atoms with Crippen LogP contribution in [0.4, 0.5) is 0 Å². The highest BCUT2D eigenvalue weighted by atomic mass is 16.5. The normalized spacial score (nSPS) is 26.7. The molecule has 0 spiro atoms. The van der Waals surface area contributed by atoms with Gasteiger partial charge >= 0.3 is 0 Å². The van der Waals surface area contributed by atoms with Crippen LogP contribution < -0.4 is 5.32 Å². The fourth-order valence-electron chi connectivity index (χ4n) is 6.60. The molecule has 1 aromatic carbocycles. The molecule has 5 heteroatoms. The molecule has 1 saturated carbocycles. The monoisotopic (exact) mass is 464 g/mol. The summed E-state index contributed by atoms with van der Waals surface area (Å²) in [5.74, 6) is 1.93. The molecule has 184 valence electrons. The third kappa shape index (κ3) is 5.25. The lowest BCUT2D eigenvalue weighted by Gasteiger charge is -2.26. The summed E-state index contributed by atoms with van der Waals surface area (Å²) in [6.07, 6.45) is 16.6. The second-order valence-electron chi connectivity index (χ2n) is 10.6. The first-order chi connectivity index (χ1) is 16.7. The smallest absolute Gasteiger partial charge is 0.273 e. The van der Waals surface area contributed by atoms with Crippen LogP contribution >= 0.6 is 0 Å². The number of amides is 1. The lowest BCUT2D eigenvalue weighted by Crippen LogP contribution is -2.28. The molecule has 2 aliphatic heterocycles. The van der Waals surface area contributed by atoms with E-state index >= 15 is 0 Å². The molecular formula is C29H40N2O3. The van der Waals surface area contributed by atoms with E-state index in [1.807, 2.05) is 0 Å². The maximum atomic E-state index is 12.7. The quantitative estimate of drug-likeness (QED) is 0.424. The Hall–Kier alpha value is -2.14. The predicted octanol–water partition coefficient (Wildman–Crippen LogP) is 6.22. The molecule has 1 aliphatic carbocycles. The first kappa shape index (κ1) is 23.6. The van der Waals surface area contributed by atoms with Gasteiger partial charge in [-0.25, -0.2) is 4.98 Å². The molecule has 2 aromatic rings. The highest BCUT2D eigenvalue weighted by molar-refractivity contribution is 5.91. The van der Waals surface area contributed by atoms with E-state index in [0.717, 1.165) is 38.0 Å². The summed E-state index contributed by atoms with van der Waals surface area (Å²) in [5, 5.41) is 3.05. The number of hydrogen-bond donors (Lipinski definition) is 1. The number of aromatic nitrogens is 1. The molecule has 1 amide bonds. The van der Waals surface area contributed by atoms with Crippen LogP contribution in [0.5, 0.6) is 0 Å². The lowest BCUT2D eigenvalue weighted by atomic mass is 9.75. The molecule has 1 aromatic heterocycles. The molecule has 5 rings (SSSR count). The summed E-state index contributed by atoms with van der Waals surface area (Å²) in [6, 6.07) is 8.71. The van der Waals surface area contributed by atoms with Crippen molar-refractivity contribution in [2.45, 2.75) is 102 Å². The summed E-state index contributed by atoms with van der Waals surface area (Å²) in [7, 11) is 0. The van der Waals surface area contributed by atoms with Crippen molar-refractivity contribution in [2.24, 2.45) is 11.8 Å². The Bertz CT molecular complexity index is 948. The Morgan fingerprint density at radius 1 is 1.03 bits per heavy atom. The van der Waals surface area contributed by atoms with E-state index in [9.17, 15) is 4.79 Å². The number of hydrogen-bond acceptors (Lipinski definition) is 4. The molecule has 0 unspecified atom stereocenters. The first-order valence-corrected chi connectivity index (χ1v) is 13.7. The van der Waals surface area contributed by atoms with Crippen LogP contribution in [0.3, 0.4) is 0 Å². The number of unbranched alkanes of at least 4 members (excludes halogenated alkanes) is 1. The molecule has 5 nitrogen and oxygen atoms in total. The van der Waals surface area contributed by atoms with Gasteiger partial charge in [0, 0.05) is 12.5 Å². The number of nitrogens with one attached hydrogen (secondary N) is 1. The topological polar surface area (TPSA) is 64.4 Å². The van der Waals surface area contributed by atoms with Gasteiger partial charge in [-0.05, 0) is 49.1 Å². The third-order valence-corrected chi connectivity index (χ3v) is 8.47. The highest BCUT2D eigenvalue weighted by Crippen LogP contribution is 2.49. The predicted molar refractivity (Wildman–Crippen MR) is 133 cm³/mol. The number of nitrogens with zero attached hydrogens (tertiary/aromatic N) is 1. The van der Waals surface area contributed by atoms with Crippen LogP contribution in [-0.2, 0) is 17.6 Å². The van der Waals surface area contributed by atoms with Crippen molar-refractivity contribution in [3.63, 3.8) is 0 Å². The Morgan fingerprint density at radius 2 is 1.82 bits per heavy atom. The van der Waals surface area contributed by atoms with Gasteiger partial charge in [-0.2, -0.15) is 0 Å². The largest absolute Gasteiger partial charge is 0.448 e. The average Bonchev–Trinajstić information content (AvgIpc) is 3.61. The van der Waals surface area contributed by atoms with Crippen molar-refractivity contribution >= 4 is 5.91 Å². The molecule has 0 radical (unpaired) electrons. The highest BCUT2D eigenvalue weighted by Gasteiger charge is 2.51. The number of rotatable bonds is 10. The van der Waals surface area contributed by atoms with E-state index in [1.54, 1.807) is 0 Å². The number of aryl methyl sites for hydroxylation is 1. The molecule has 2 bridgehead atoms. The number of benzene rings is 1. The van der Waals surface area contributed by atoms with Crippen molar-refractivity contribution in [2.75, 3.05) is 6.54 Å². The van der Waals surface area contributed by atoms with E-state index in [2.05, 4.69) is 41.5 Å². The minimum Gasteiger partial charge on any atom is -0.448 e. The Kier molecular flexibility index (Phi) is 7.68. The summed E-state index contributed by atoms with van der Waals surface area (Å²) in [4.78, 5) is 17.3. The molecule has 3 heterocycles. The Balaban J connectivity index is 1.16. The Morgan fingerprint density at radius 3 is 2.65 bits per heavy atom. The van der Waals surface area contributed by atoms with Gasteiger partial charge in [0.15, 0.2) is 5.69 Å². The van der Waals surface area contributed by atoms with Crippen LogP contribution in [0.15, 0.2) is 34.9 Å². The van der Waals surface area contributed by atoms with E-state index in [1.165, 1.54) is 62.3 Å². The molecule has 2 saturated heterocycles. The lowest BCUT2D eigenvalue weighted by molar-refractivity contribution is 0.0897. The van der Waals surface area contributed by atoms with Crippen LogP contribution in [0.25, 0.3) is 0 Å². The SMILES string of the molecule is CCc1ccccc1C[C@@H]1[C@H](c2nc(C(=O)NCCCCC3CCCCC3)co2)[C@H]2CC[C@@H]1O2. The average molecular weight is 465 g/mol. The Labute approximate surface area is 204 Å². The summed E-state index contributed by atoms with van der Waals surface area (Å²) >= 11 is 0. The molecule has 3 aliphatic rings. The van der Waals surface area contributed by atoms with Gasteiger partial charge in [0.1, 0.15) is 6.26 Å². The van der Waals surface area contributed by atoms with Crippen LogP contribution in [0, 0.1) is 11.8 Å². The second-order valence-corrected chi connectivity index (χ2v) is 10.6. The minimum atomic E-state index is -0.121. The molecular weight excluding hydrogens is 424 g/mol. The zero-order chi connectivity index (χ0) is 23.3. The van der Waals surface area contributed by atoms with Gasteiger partial charge in [0.25, 0.3) is 5.91 Å². The van der Waals surface area contributed by atoms with Gasteiger partial charge in [-0.1, -0.05) is 76.1 Å². The second kappa shape index (κ2) is 11.1. The van der Waals surface area contributed by atoms with Gasteiger partial charge in [0.2, 0.25) is 5.89 Å². The standard InChI is InChI=1S/C29H40N2O3/c1-2-21-13-6-7-14-22(21)18-23-25-15-16-26(34-25)27(23)29-31-24(19-33-29)28(32)30-17-9-8-12-20-10-4-3-5-11-20/h6-7,13-14,19-20,23,25-27H,2-5,8-12,15-18H2,1H3,(H,30,32)/t23-,25-,26+,27-/m0/s1. The minimum absolute atomic E-state index is 0.121. The van der Waals surface area contributed by atoms with Crippen LogP contribution in [0.2, 0.25) is 0 Å². The molecule has 34 heavy (non-hydrogen) atoms. The van der Waals surface area contributed by atoms with Gasteiger partial charge < -0.3 is 14.5 Å². The number of fused-ring (bicyclic) bond motifs is 2. The van der Waals surface area contributed by atoms with Crippen LogP contribution in [-0.4, -0.2) is 29.6 Å². The number of ether oxygens (including phenoxy) is 1. The van der Waals surface area contributed by atoms with E-state index in [-0.39, 0.29) is 24.0 Å². The maximum absolute atomic E-state index is 12.7. The molecule has 1 N–H and O–H groups in total.